The first-order chi connectivity index (χ1) is 12.1. The van der Waals surface area contributed by atoms with E-state index in [1.165, 1.54) is 5.56 Å². The van der Waals surface area contributed by atoms with E-state index in [-0.39, 0.29) is 30.7 Å². The van der Waals surface area contributed by atoms with E-state index >= 15 is 0 Å². The van der Waals surface area contributed by atoms with Gasteiger partial charge in [0.15, 0.2) is 0 Å². The molecule has 27 heavy (non-hydrogen) atoms. The number of nitrogens with one attached hydrogen (secondary N) is 1. The highest BCUT2D eigenvalue weighted by atomic mass is 35.5. The summed E-state index contributed by atoms with van der Waals surface area (Å²) in [5, 5.41) is 3.10. The van der Waals surface area contributed by atoms with Crippen LogP contribution in [0.5, 0.6) is 0 Å². The van der Waals surface area contributed by atoms with E-state index in [0.717, 1.165) is 25.1 Å². The molecule has 0 aliphatic rings. The Balaban J connectivity index is 0.00000338. The van der Waals surface area contributed by atoms with Crippen molar-refractivity contribution < 1.29 is 4.79 Å². The fourth-order valence-electron chi connectivity index (χ4n) is 3.07. The van der Waals surface area contributed by atoms with E-state index in [4.69, 9.17) is 5.73 Å². The van der Waals surface area contributed by atoms with Gasteiger partial charge in [-0.15, -0.1) is 24.8 Å². The SMILES string of the molecule is CCN(CC)C(CNC(=O)Cc1ccc(N)cc1)Cc1ccccc1.Cl.Cl. The van der Waals surface area contributed by atoms with Crippen LogP contribution in [0.2, 0.25) is 0 Å². The zero-order chi connectivity index (χ0) is 18.1. The van der Waals surface area contributed by atoms with Crippen molar-refractivity contribution in [3.05, 3.63) is 65.7 Å². The Morgan fingerprint density at radius 1 is 0.963 bits per heavy atom. The molecule has 0 radical (unpaired) electrons. The Bertz CT molecular complexity index is 646. The van der Waals surface area contributed by atoms with E-state index in [0.29, 0.717) is 24.7 Å². The van der Waals surface area contributed by atoms with Gasteiger partial charge in [-0.25, -0.2) is 0 Å². The molecule has 3 N–H and O–H groups in total. The van der Waals surface area contributed by atoms with Gasteiger partial charge in [-0.05, 0) is 42.8 Å². The van der Waals surface area contributed by atoms with Crippen LogP contribution in [0, 0.1) is 0 Å². The van der Waals surface area contributed by atoms with E-state index in [2.05, 4.69) is 48.3 Å². The van der Waals surface area contributed by atoms with Crippen molar-refractivity contribution in [2.75, 3.05) is 25.4 Å². The van der Waals surface area contributed by atoms with Gasteiger partial charge in [0.25, 0.3) is 0 Å². The second kappa shape index (κ2) is 13.4. The highest BCUT2D eigenvalue weighted by Gasteiger charge is 2.17. The van der Waals surface area contributed by atoms with Crippen LogP contribution in [0.3, 0.4) is 0 Å². The molecule has 1 unspecified atom stereocenters. The molecule has 0 saturated carbocycles. The number of nitrogen functional groups attached to an aromatic ring is 1. The first-order valence-electron chi connectivity index (χ1n) is 9.01. The van der Waals surface area contributed by atoms with Crippen molar-refractivity contribution >= 4 is 36.4 Å². The Morgan fingerprint density at radius 2 is 1.56 bits per heavy atom. The summed E-state index contributed by atoms with van der Waals surface area (Å²) < 4.78 is 0. The molecule has 1 atom stereocenters. The number of amides is 1. The lowest BCUT2D eigenvalue weighted by molar-refractivity contribution is -0.120. The molecule has 0 bridgehead atoms. The first-order valence-corrected chi connectivity index (χ1v) is 9.01. The minimum absolute atomic E-state index is 0. The zero-order valence-electron chi connectivity index (χ0n) is 16.1. The van der Waals surface area contributed by atoms with Crippen LogP contribution in [0.1, 0.15) is 25.0 Å². The maximum Gasteiger partial charge on any atom is 0.224 e. The third-order valence-corrected chi connectivity index (χ3v) is 4.52. The molecule has 2 rings (SSSR count). The van der Waals surface area contributed by atoms with Crippen molar-refractivity contribution in [3.63, 3.8) is 0 Å². The van der Waals surface area contributed by atoms with Gasteiger partial charge < -0.3 is 11.1 Å². The van der Waals surface area contributed by atoms with E-state index in [9.17, 15) is 4.79 Å². The van der Waals surface area contributed by atoms with Crippen LogP contribution in [-0.4, -0.2) is 36.5 Å². The van der Waals surface area contributed by atoms with Gasteiger partial charge in [-0.3, -0.25) is 9.69 Å². The predicted octanol–water partition coefficient (Wildman–Crippen LogP) is 3.72. The van der Waals surface area contributed by atoms with Crippen LogP contribution < -0.4 is 11.1 Å². The summed E-state index contributed by atoms with van der Waals surface area (Å²) in [5.74, 6) is 0.0509. The number of nitrogens with two attached hydrogens (primary N) is 1. The number of carbonyl (C=O) groups is 1. The Morgan fingerprint density at radius 3 is 2.11 bits per heavy atom. The van der Waals surface area contributed by atoms with Crippen molar-refractivity contribution in [2.45, 2.75) is 32.7 Å². The summed E-state index contributed by atoms with van der Waals surface area (Å²) >= 11 is 0. The van der Waals surface area contributed by atoms with E-state index in [1.54, 1.807) is 0 Å². The highest BCUT2D eigenvalue weighted by Crippen LogP contribution is 2.09. The third kappa shape index (κ3) is 8.65. The van der Waals surface area contributed by atoms with Crippen LogP contribution in [0.25, 0.3) is 0 Å². The van der Waals surface area contributed by atoms with Crippen molar-refractivity contribution in [2.24, 2.45) is 0 Å². The van der Waals surface area contributed by atoms with Crippen LogP contribution in [-0.2, 0) is 17.6 Å². The minimum Gasteiger partial charge on any atom is -0.399 e. The molecule has 150 valence electrons. The summed E-state index contributed by atoms with van der Waals surface area (Å²) in [7, 11) is 0. The van der Waals surface area contributed by atoms with Crippen molar-refractivity contribution in [1.29, 1.82) is 0 Å². The van der Waals surface area contributed by atoms with Crippen molar-refractivity contribution in [1.82, 2.24) is 10.2 Å². The fraction of sp³-hybridized carbons (Fsp3) is 0.381. The van der Waals surface area contributed by atoms with Gasteiger partial charge in [0.2, 0.25) is 5.91 Å². The van der Waals surface area contributed by atoms with Crippen LogP contribution in [0.4, 0.5) is 5.69 Å². The molecule has 2 aromatic carbocycles. The highest BCUT2D eigenvalue weighted by molar-refractivity contribution is 5.85. The zero-order valence-corrected chi connectivity index (χ0v) is 17.7. The van der Waals surface area contributed by atoms with Crippen LogP contribution >= 0.6 is 24.8 Å². The average Bonchev–Trinajstić information content (AvgIpc) is 2.63. The lowest BCUT2D eigenvalue weighted by Gasteiger charge is -2.30. The molecular formula is C21H31Cl2N3O. The number of rotatable bonds is 9. The summed E-state index contributed by atoms with van der Waals surface area (Å²) in [5.41, 5.74) is 8.68. The molecule has 1 amide bonds. The molecule has 4 nitrogen and oxygen atoms in total. The molecule has 0 heterocycles. The van der Waals surface area contributed by atoms with Crippen LogP contribution in [0.15, 0.2) is 54.6 Å². The summed E-state index contributed by atoms with van der Waals surface area (Å²) in [6.07, 6.45) is 1.32. The molecule has 0 aliphatic heterocycles. The fourth-order valence-corrected chi connectivity index (χ4v) is 3.07. The lowest BCUT2D eigenvalue weighted by atomic mass is 10.0. The lowest BCUT2D eigenvalue weighted by Crippen LogP contribution is -2.45. The van der Waals surface area contributed by atoms with Gasteiger partial charge >= 0.3 is 0 Å². The number of hydrogen-bond acceptors (Lipinski definition) is 3. The van der Waals surface area contributed by atoms with Crippen molar-refractivity contribution in [3.8, 4) is 0 Å². The Kier molecular flexibility index (Phi) is 12.6. The average molecular weight is 412 g/mol. The quantitative estimate of drug-likeness (QED) is 0.618. The summed E-state index contributed by atoms with van der Waals surface area (Å²) in [6.45, 7) is 6.93. The number of benzene rings is 2. The normalized spacial score (nSPS) is 11.2. The Labute approximate surface area is 175 Å². The molecule has 2 aromatic rings. The number of carbonyl (C=O) groups excluding carboxylic acids is 1. The largest absolute Gasteiger partial charge is 0.399 e. The van der Waals surface area contributed by atoms with Gasteiger partial charge in [-0.2, -0.15) is 0 Å². The molecule has 0 aromatic heterocycles. The van der Waals surface area contributed by atoms with E-state index < -0.39 is 0 Å². The summed E-state index contributed by atoms with van der Waals surface area (Å²) in [6, 6.07) is 18.2. The minimum atomic E-state index is 0. The molecule has 0 spiro atoms. The molecule has 0 saturated heterocycles. The molecule has 0 aliphatic carbocycles. The standard InChI is InChI=1S/C21H29N3O.2ClH/c1-3-24(4-2)20(14-17-8-6-5-7-9-17)16-23-21(25)15-18-10-12-19(22)13-11-18;;/h5-13,20H,3-4,14-16,22H2,1-2H3,(H,23,25);2*1H. The number of hydrogen-bond donors (Lipinski definition) is 2. The second-order valence-corrected chi connectivity index (χ2v) is 6.29. The Hall–Kier alpha value is -1.75. The maximum absolute atomic E-state index is 12.3. The number of anilines is 1. The monoisotopic (exact) mass is 411 g/mol. The molecule has 0 fully saturated rings. The second-order valence-electron chi connectivity index (χ2n) is 6.29. The topological polar surface area (TPSA) is 58.4 Å². The van der Waals surface area contributed by atoms with Gasteiger partial charge in [0.05, 0.1) is 6.42 Å². The third-order valence-electron chi connectivity index (χ3n) is 4.52. The number of nitrogens with zero attached hydrogens (tertiary/aromatic N) is 1. The van der Waals surface area contributed by atoms with Gasteiger partial charge in [0, 0.05) is 18.3 Å². The first kappa shape index (κ1) is 25.2. The predicted molar refractivity (Wildman–Crippen MR) is 119 cm³/mol. The molecule has 6 heteroatoms. The number of halogens is 2. The molecular weight excluding hydrogens is 381 g/mol. The maximum atomic E-state index is 12.3. The number of likely N-dealkylation sites (N-methyl/N-ethyl adjacent to an activating group) is 1. The van der Waals surface area contributed by atoms with E-state index in [1.807, 2.05) is 30.3 Å². The van der Waals surface area contributed by atoms with Gasteiger partial charge in [-0.1, -0.05) is 56.3 Å². The van der Waals surface area contributed by atoms with Gasteiger partial charge in [0.1, 0.15) is 0 Å². The summed E-state index contributed by atoms with van der Waals surface area (Å²) in [4.78, 5) is 14.7. The smallest absolute Gasteiger partial charge is 0.224 e.